The van der Waals surface area contributed by atoms with Gasteiger partial charge >= 0.3 is 0 Å². The number of halogens is 2. The fourth-order valence-corrected chi connectivity index (χ4v) is 3.30. The maximum Gasteiger partial charge on any atom is 0.266 e. The van der Waals surface area contributed by atoms with Gasteiger partial charge < -0.3 is 0 Å². The zero-order chi connectivity index (χ0) is 16.6. The number of nitrogens with zero attached hydrogens (tertiary/aromatic N) is 2. The summed E-state index contributed by atoms with van der Waals surface area (Å²) in [6, 6.07) is 11.4. The van der Waals surface area contributed by atoms with Crippen LogP contribution in [0.15, 0.2) is 52.4 Å². The van der Waals surface area contributed by atoms with Crippen molar-refractivity contribution in [3.63, 3.8) is 0 Å². The lowest BCUT2D eigenvalue weighted by atomic mass is 10.2. The molecule has 0 spiro atoms. The van der Waals surface area contributed by atoms with Gasteiger partial charge in [0.1, 0.15) is 5.82 Å². The summed E-state index contributed by atoms with van der Waals surface area (Å²) in [7, 11) is 0. The fourth-order valence-electron chi connectivity index (χ4n) is 2.25. The lowest BCUT2D eigenvalue weighted by Crippen LogP contribution is -2.22. The maximum absolute atomic E-state index is 13.4. The van der Waals surface area contributed by atoms with Gasteiger partial charge in [-0.05, 0) is 30.3 Å². The summed E-state index contributed by atoms with van der Waals surface area (Å²) < 4.78 is 14.9. The molecule has 0 unspecified atom stereocenters. The van der Waals surface area contributed by atoms with Gasteiger partial charge in [-0.25, -0.2) is 9.37 Å². The second kappa shape index (κ2) is 6.34. The standard InChI is InChI=1S/C17H14ClFN2OS/c1-10(2)23-17-20-15-6-4-3-5-12(15)16(22)21(17)11-7-8-14(19)13(18)9-11/h3-10H,1-2H3. The average Bonchev–Trinajstić information content (AvgIpc) is 2.50. The van der Waals surface area contributed by atoms with Gasteiger partial charge in [-0.2, -0.15) is 0 Å². The molecule has 6 heteroatoms. The Bertz CT molecular complexity index is 940. The molecule has 0 saturated heterocycles. The Morgan fingerprint density at radius 3 is 2.65 bits per heavy atom. The summed E-state index contributed by atoms with van der Waals surface area (Å²) in [6.45, 7) is 4.04. The Hall–Kier alpha value is -1.85. The normalized spacial score (nSPS) is 11.3. The molecule has 3 nitrogen and oxygen atoms in total. The maximum atomic E-state index is 13.4. The highest BCUT2D eigenvalue weighted by Gasteiger charge is 2.15. The molecule has 0 amide bonds. The molecule has 0 radical (unpaired) electrons. The SMILES string of the molecule is CC(C)Sc1nc2ccccc2c(=O)n1-c1ccc(F)c(Cl)c1. The van der Waals surface area contributed by atoms with E-state index >= 15 is 0 Å². The summed E-state index contributed by atoms with van der Waals surface area (Å²) in [5.41, 5.74) is 0.953. The van der Waals surface area contributed by atoms with Crippen molar-refractivity contribution < 1.29 is 4.39 Å². The number of aromatic nitrogens is 2. The number of rotatable bonds is 3. The number of thioether (sulfide) groups is 1. The van der Waals surface area contributed by atoms with E-state index in [-0.39, 0.29) is 15.8 Å². The first-order valence-corrected chi connectivity index (χ1v) is 8.37. The molecule has 1 aromatic heterocycles. The number of hydrogen-bond donors (Lipinski definition) is 0. The highest BCUT2D eigenvalue weighted by molar-refractivity contribution is 7.99. The van der Waals surface area contributed by atoms with E-state index in [0.29, 0.717) is 21.7 Å². The monoisotopic (exact) mass is 348 g/mol. The van der Waals surface area contributed by atoms with Gasteiger partial charge in [-0.3, -0.25) is 9.36 Å². The molecule has 3 aromatic rings. The Kier molecular flexibility index (Phi) is 4.41. The van der Waals surface area contributed by atoms with Gasteiger partial charge in [0.25, 0.3) is 5.56 Å². The summed E-state index contributed by atoms with van der Waals surface area (Å²) in [6.07, 6.45) is 0. The van der Waals surface area contributed by atoms with Crippen LogP contribution in [0, 0.1) is 5.82 Å². The lowest BCUT2D eigenvalue weighted by molar-refractivity contribution is 0.627. The molecule has 1 heterocycles. The number of fused-ring (bicyclic) bond motifs is 1. The van der Waals surface area contributed by atoms with Gasteiger partial charge in [0, 0.05) is 5.25 Å². The lowest BCUT2D eigenvalue weighted by Gasteiger charge is -2.14. The van der Waals surface area contributed by atoms with Crippen LogP contribution in [-0.2, 0) is 0 Å². The molecule has 0 aliphatic rings. The first-order valence-electron chi connectivity index (χ1n) is 7.11. The molecule has 0 N–H and O–H groups in total. The van der Waals surface area contributed by atoms with E-state index < -0.39 is 5.82 Å². The quantitative estimate of drug-likeness (QED) is 0.509. The predicted molar refractivity (Wildman–Crippen MR) is 93.3 cm³/mol. The molecular weight excluding hydrogens is 335 g/mol. The highest BCUT2D eigenvalue weighted by Crippen LogP contribution is 2.26. The molecule has 0 bridgehead atoms. The van der Waals surface area contributed by atoms with E-state index in [1.54, 1.807) is 12.1 Å². The van der Waals surface area contributed by atoms with E-state index in [2.05, 4.69) is 4.98 Å². The van der Waals surface area contributed by atoms with E-state index in [9.17, 15) is 9.18 Å². The number of para-hydroxylation sites is 1. The molecule has 118 valence electrons. The molecule has 0 fully saturated rings. The summed E-state index contributed by atoms with van der Waals surface area (Å²) in [5.74, 6) is -0.518. The third-order valence-corrected chi connectivity index (χ3v) is 4.49. The number of benzene rings is 2. The molecule has 0 aliphatic heterocycles. The summed E-state index contributed by atoms with van der Waals surface area (Å²) >= 11 is 7.35. The fraction of sp³-hybridized carbons (Fsp3) is 0.176. The summed E-state index contributed by atoms with van der Waals surface area (Å²) in [5, 5.41) is 1.29. The van der Waals surface area contributed by atoms with Crippen LogP contribution < -0.4 is 5.56 Å². The Balaban J connectivity index is 2.34. The predicted octanol–water partition coefficient (Wildman–Crippen LogP) is 4.68. The minimum Gasteiger partial charge on any atom is -0.268 e. The smallest absolute Gasteiger partial charge is 0.266 e. The molecule has 3 rings (SSSR count). The largest absolute Gasteiger partial charge is 0.268 e. The van der Waals surface area contributed by atoms with Crippen LogP contribution >= 0.6 is 23.4 Å². The van der Waals surface area contributed by atoms with Crippen molar-refractivity contribution in [2.45, 2.75) is 24.3 Å². The zero-order valence-corrected chi connectivity index (χ0v) is 14.2. The molecular formula is C17H14ClFN2OS. The first-order chi connectivity index (χ1) is 11.0. The van der Waals surface area contributed by atoms with Crippen LogP contribution in [0.25, 0.3) is 16.6 Å². The number of hydrogen-bond acceptors (Lipinski definition) is 3. The Morgan fingerprint density at radius 2 is 1.96 bits per heavy atom. The van der Waals surface area contributed by atoms with Crippen molar-refractivity contribution >= 4 is 34.3 Å². The topological polar surface area (TPSA) is 34.9 Å². The average molecular weight is 349 g/mol. The van der Waals surface area contributed by atoms with Gasteiger partial charge in [0.2, 0.25) is 0 Å². The highest BCUT2D eigenvalue weighted by atomic mass is 35.5. The van der Waals surface area contributed by atoms with E-state index in [4.69, 9.17) is 11.6 Å². The second-order valence-electron chi connectivity index (χ2n) is 5.32. The van der Waals surface area contributed by atoms with Gasteiger partial charge in [0.05, 0.1) is 21.6 Å². The van der Waals surface area contributed by atoms with E-state index in [0.717, 1.165) is 0 Å². The molecule has 23 heavy (non-hydrogen) atoms. The van der Waals surface area contributed by atoms with Crippen molar-refractivity contribution in [3.8, 4) is 5.69 Å². The van der Waals surface area contributed by atoms with Crippen LogP contribution in [0.2, 0.25) is 5.02 Å². The minimum atomic E-state index is -0.518. The van der Waals surface area contributed by atoms with Crippen LogP contribution in [0.3, 0.4) is 0 Å². The second-order valence-corrected chi connectivity index (χ2v) is 7.27. The molecule has 2 aromatic carbocycles. The Morgan fingerprint density at radius 1 is 1.22 bits per heavy atom. The molecule has 0 aliphatic carbocycles. The van der Waals surface area contributed by atoms with Crippen molar-refractivity contribution in [1.82, 2.24) is 9.55 Å². The van der Waals surface area contributed by atoms with Crippen LogP contribution in [0.4, 0.5) is 4.39 Å². The van der Waals surface area contributed by atoms with E-state index in [1.807, 2.05) is 26.0 Å². The van der Waals surface area contributed by atoms with Gasteiger partial charge in [0.15, 0.2) is 5.16 Å². The minimum absolute atomic E-state index is 0.0249. The van der Waals surface area contributed by atoms with Crippen LogP contribution in [-0.4, -0.2) is 14.8 Å². The van der Waals surface area contributed by atoms with Crippen molar-refractivity contribution in [1.29, 1.82) is 0 Å². The Labute approximate surface area is 142 Å². The van der Waals surface area contributed by atoms with Crippen molar-refractivity contribution in [3.05, 3.63) is 63.7 Å². The molecule has 0 atom stereocenters. The zero-order valence-electron chi connectivity index (χ0n) is 12.6. The summed E-state index contributed by atoms with van der Waals surface area (Å²) in [4.78, 5) is 17.5. The van der Waals surface area contributed by atoms with Crippen LogP contribution in [0.1, 0.15) is 13.8 Å². The van der Waals surface area contributed by atoms with E-state index in [1.165, 1.54) is 34.5 Å². The molecule has 0 saturated carbocycles. The van der Waals surface area contributed by atoms with Gasteiger partial charge in [-0.15, -0.1) is 0 Å². The van der Waals surface area contributed by atoms with Crippen molar-refractivity contribution in [2.75, 3.05) is 0 Å². The van der Waals surface area contributed by atoms with Gasteiger partial charge in [-0.1, -0.05) is 49.3 Å². The third-order valence-electron chi connectivity index (χ3n) is 3.25. The van der Waals surface area contributed by atoms with Crippen LogP contribution in [0.5, 0.6) is 0 Å². The van der Waals surface area contributed by atoms with Crippen molar-refractivity contribution in [2.24, 2.45) is 0 Å². The first kappa shape index (κ1) is 16.0. The third kappa shape index (κ3) is 3.12.